The number of rotatable bonds is 3. The number of hydrogen-bond acceptors (Lipinski definition) is 2. The third-order valence-electron chi connectivity index (χ3n) is 3.85. The first kappa shape index (κ1) is 14.3. The van der Waals surface area contributed by atoms with E-state index in [2.05, 4.69) is 0 Å². The molecule has 4 nitrogen and oxygen atoms in total. The number of carboxylic acid groups (broad SMARTS) is 1. The van der Waals surface area contributed by atoms with E-state index in [0.717, 1.165) is 5.56 Å². The fourth-order valence-corrected chi connectivity index (χ4v) is 2.52. The van der Waals surface area contributed by atoms with Gasteiger partial charge in [0.1, 0.15) is 0 Å². The summed E-state index contributed by atoms with van der Waals surface area (Å²) in [5.41, 5.74) is 2.14. The zero-order valence-corrected chi connectivity index (χ0v) is 11.7. The Kier molecular flexibility index (Phi) is 4.23. The molecule has 1 amide bonds. The number of carboxylic acids is 1. The van der Waals surface area contributed by atoms with Crippen molar-refractivity contribution in [2.24, 2.45) is 5.92 Å². The van der Waals surface area contributed by atoms with E-state index >= 15 is 0 Å². The van der Waals surface area contributed by atoms with Gasteiger partial charge in [-0.25, -0.2) is 0 Å². The number of carbonyl (C=O) groups excluding carboxylic acids is 1. The molecule has 2 atom stereocenters. The normalized spacial score (nSPS) is 22.4. The van der Waals surface area contributed by atoms with E-state index in [1.165, 1.54) is 11.6 Å². The number of amides is 1. The van der Waals surface area contributed by atoms with Crippen LogP contribution in [0.2, 0.25) is 0 Å². The van der Waals surface area contributed by atoms with Crippen molar-refractivity contribution in [3.8, 4) is 0 Å². The number of nitrogens with zero attached hydrogens (tertiary/aromatic N) is 1. The van der Waals surface area contributed by atoms with Gasteiger partial charge in [0.15, 0.2) is 0 Å². The van der Waals surface area contributed by atoms with Crippen molar-refractivity contribution < 1.29 is 14.7 Å². The average Bonchev–Trinajstić information content (AvgIpc) is 2.80. The summed E-state index contributed by atoms with van der Waals surface area (Å²) in [6, 6.07) is 7.63. The fraction of sp³-hybridized carbons (Fsp3) is 0.375. The number of likely N-dealkylation sites (tertiary alicyclic amines) is 1. The maximum atomic E-state index is 12.1. The zero-order chi connectivity index (χ0) is 14.7. The van der Waals surface area contributed by atoms with Crippen molar-refractivity contribution in [1.29, 1.82) is 0 Å². The van der Waals surface area contributed by atoms with Crippen LogP contribution in [0.4, 0.5) is 0 Å². The largest absolute Gasteiger partial charge is 0.481 e. The molecule has 20 heavy (non-hydrogen) atoms. The maximum absolute atomic E-state index is 12.1. The molecule has 0 radical (unpaired) electrons. The SMILES string of the molecule is Cc1ccc(C=CC(=O)N2CCC(C(=O)O)C2C)cc1. The van der Waals surface area contributed by atoms with Gasteiger partial charge in [0.05, 0.1) is 5.92 Å². The van der Waals surface area contributed by atoms with Crippen molar-refractivity contribution in [2.45, 2.75) is 26.3 Å². The predicted octanol–water partition coefficient (Wildman–Crippen LogP) is 2.33. The summed E-state index contributed by atoms with van der Waals surface area (Å²) in [5.74, 6) is -1.40. The minimum atomic E-state index is -0.824. The van der Waals surface area contributed by atoms with Gasteiger partial charge < -0.3 is 10.0 Å². The standard InChI is InChI=1S/C16H19NO3/c1-11-3-5-13(6-4-11)7-8-15(18)17-10-9-14(12(17)2)16(19)20/h3-8,12,14H,9-10H2,1-2H3,(H,19,20). The lowest BCUT2D eigenvalue weighted by Crippen LogP contribution is -2.36. The van der Waals surface area contributed by atoms with Crippen LogP contribution in [0.1, 0.15) is 24.5 Å². The van der Waals surface area contributed by atoms with Crippen molar-refractivity contribution in [2.75, 3.05) is 6.54 Å². The first-order valence-corrected chi connectivity index (χ1v) is 6.77. The van der Waals surface area contributed by atoms with Crippen LogP contribution in [0.5, 0.6) is 0 Å². The summed E-state index contributed by atoms with van der Waals surface area (Å²) >= 11 is 0. The molecule has 1 aromatic rings. The number of aryl methyl sites for hydroxylation is 1. The van der Waals surface area contributed by atoms with Gasteiger partial charge in [-0.05, 0) is 31.9 Å². The van der Waals surface area contributed by atoms with Crippen LogP contribution in [0.3, 0.4) is 0 Å². The van der Waals surface area contributed by atoms with Crippen LogP contribution in [0.25, 0.3) is 6.08 Å². The molecule has 1 fully saturated rings. The Labute approximate surface area is 118 Å². The molecule has 106 valence electrons. The van der Waals surface area contributed by atoms with E-state index in [1.54, 1.807) is 17.9 Å². The molecule has 0 aromatic heterocycles. The second-order valence-electron chi connectivity index (χ2n) is 5.25. The van der Waals surface area contributed by atoms with Crippen molar-refractivity contribution in [1.82, 2.24) is 4.90 Å². The molecule has 0 saturated carbocycles. The van der Waals surface area contributed by atoms with Gasteiger partial charge in [0.2, 0.25) is 5.91 Å². The molecule has 1 aliphatic rings. The van der Waals surface area contributed by atoms with Crippen molar-refractivity contribution in [3.63, 3.8) is 0 Å². The van der Waals surface area contributed by atoms with Gasteiger partial charge in [0.25, 0.3) is 0 Å². The molecule has 2 unspecified atom stereocenters. The highest BCUT2D eigenvalue weighted by molar-refractivity contribution is 5.92. The van der Waals surface area contributed by atoms with E-state index in [1.807, 2.05) is 31.2 Å². The van der Waals surface area contributed by atoms with Crippen LogP contribution in [-0.4, -0.2) is 34.5 Å². The fourth-order valence-electron chi connectivity index (χ4n) is 2.52. The molecular formula is C16H19NO3. The van der Waals surface area contributed by atoms with Gasteiger partial charge in [-0.3, -0.25) is 9.59 Å². The molecule has 1 aromatic carbocycles. The first-order chi connectivity index (χ1) is 9.49. The van der Waals surface area contributed by atoms with Crippen LogP contribution in [0.15, 0.2) is 30.3 Å². The molecule has 2 rings (SSSR count). The van der Waals surface area contributed by atoms with Gasteiger partial charge >= 0.3 is 5.97 Å². The Bertz CT molecular complexity index is 533. The summed E-state index contributed by atoms with van der Waals surface area (Å²) in [6.45, 7) is 4.31. The summed E-state index contributed by atoms with van der Waals surface area (Å²) in [5, 5.41) is 9.06. The van der Waals surface area contributed by atoms with Gasteiger partial charge in [0, 0.05) is 18.7 Å². The van der Waals surface area contributed by atoms with Crippen LogP contribution < -0.4 is 0 Å². The third kappa shape index (κ3) is 3.07. The maximum Gasteiger partial charge on any atom is 0.308 e. The van der Waals surface area contributed by atoms with Gasteiger partial charge in [-0.15, -0.1) is 0 Å². The molecule has 4 heteroatoms. The summed E-state index contributed by atoms with van der Waals surface area (Å²) in [7, 11) is 0. The Morgan fingerprint density at radius 3 is 2.50 bits per heavy atom. The molecule has 0 spiro atoms. The van der Waals surface area contributed by atoms with Crippen LogP contribution >= 0.6 is 0 Å². The third-order valence-corrected chi connectivity index (χ3v) is 3.85. The lowest BCUT2D eigenvalue weighted by Gasteiger charge is -2.21. The zero-order valence-electron chi connectivity index (χ0n) is 11.7. The first-order valence-electron chi connectivity index (χ1n) is 6.77. The quantitative estimate of drug-likeness (QED) is 0.860. The highest BCUT2D eigenvalue weighted by atomic mass is 16.4. The molecule has 1 aliphatic heterocycles. The van der Waals surface area contributed by atoms with E-state index in [-0.39, 0.29) is 11.9 Å². The number of aliphatic carboxylic acids is 1. The monoisotopic (exact) mass is 273 g/mol. The molecule has 0 aliphatic carbocycles. The Morgan fingerprint density at radius 1 is 1.30 bits per heavy atom. The molecule has 1 heterocycles. The Morgan fingerprint density at radius 2 is 1.95 bits per heavy atom. The summed E-state index contributed by atoms with van der Waals surface area (Å²) < 4.78 is 0. The second-order valence-corrected chi connectivity index (χ2v) is 5.25. The molecule has 0 bridgehead atoms. The predicted molar refractivity (Wildman–Crippen MR) is 77.1 cm³/mol. The van der Waals surface area contributed by atoms with Crippen molar-refractivity contribution in [3.05, 3.63) is 41.5 Å². The molecule has 1 N–H and O–H groups in total. The molecular weight excluding hydrogens is 254 g/mol. The highest BCUT2D eigenvalue weighted by Gasteiger charge is 2.37. The minimum Gasteiger partial charge on any atom is -0.481 e. The highest BCUT2D eigenvalue weighted by Crippen LogP contribution is 2.24. The van der Waals surface area contributed by atoms with E-state index < -0.39 is 11.9 Å². The summed E-state index contributed by atoms with van der Waals surface area (Å²) in [6.07, 6.45) is 3.81. The van der Waals surface area contributed by atoms with Crippen LogP contribution in [0, 0.1) is 12.8 Å². The van der Waals surface area contributed by atoms with E-state index in [9.17, 15) is 9.59 Å². The lowest BCUT2D eigenvalue weighted by atomic mass is 10.0. The van der Waals surface area contributed by atoms with E-state index in [4.69, 9.17) is 5.11 Å². The van der Waals surface area contributed by atoms with Gasteiger partial charge in [-0.2, -0.15) is 0 Å². The Hall–Kier alpha value is -2.10. The topological polar surface area (TPSA) is 57.6 Å². The summed E-state index contributed by atoms with van der Waals surface area (Å²) in [4.78, 5) is 24.8. The van der Waals surface area contributed by atoms with E-state index in [0.29, 0.717) is 13.0 Å². The minimum absolute atomic E-state index is 0.123. The lowest BCUT2D eigenvalue weighted by molar-refractivity contribution is -0.142. The average molecular weight is 273 g/mol. The molecule has 1 saturated heterocycles. The smallest absolute Gasteiger partial charge is 0.308 e. The van der Waals surface area contributed by atoms with Gasteiger partial charge in [-0.1, -0.05) is 29.8 Å². The van der Waals surface area contributed by atoms with Crippen molar-refractivity contribution >= 4 is 18.0 Å². The number of carbonyl (C=O) groups is 2. The second kappa shape index (κ2) is 5.90. The Balaban J connectivity index is 2.02. The number of benzene rings is 1. The number of hydrogen-bond donors (Lipinski definition) is 1. The van der Waals surface area contributed by atoms with Crippen LogP contribution in [-0.2, 0) is 9.59 Å².